The van der Waals surface area contributed by atoms with Crippen LogP contribution in [-0.2, 0) is 9.53 Å². The Balaban J connectivity index is 2.16. The molecule has 4 nitrogen and oxygen atoms in total. The number of ether oxygens (including phenoxy) is 1. The molecule has 1 atom stereocenters. The number of hydrogen-bond acceptors (Lipinski definition) is 3. The molecule has 1 aliphatic heterocycles. The van der Waals surface area contributed by atoms with Crippen molar-refractivity contribution >= 4 is 11.6 Å². The van der Waals surface area contributed by atoms with Crippen LogP contribution in [-0.4, -0.2) is 31.7 Å². The molecule has 21 heavy (non-hydrogen) atoms. The van der Waals surface area contributed by atoms with Gasteiger partial charge in [-0.25, -0.2) is 0 Å². The predicted molar refractivity (Wildman–Crippen MR) is 85.9 cm³/mol. The highest BCUT2D eigenvalue weighted by molar-refractivity contribution is 5.95. The lowest BCUT2D eigenvalue weighted by atomic mass is 9.94. The van der Waals surface area contributed by atoms with Gasteiger partial charge in [-0.15, -0.1) is 0 Å². The highest BCUT2D eigenvalue weighted by Gasteiger charge is 2.22. The molecule has 0 radical (unpaired) electrons. The van der Waals surface area contributed by atoms with Gasteiger partial charge in [0.05, 0.1) is 6.61 Å². The van der Waals surface area contributed by atoms with Crippen molar-refractivity contribution in [2.45, 2.75) is 45.6 Å². The van der Waals surface area contributed by atoms with Crippen LogP contribution in [0.3, 0.4) is 0 Å². The van der Waals surface area contributed by atoms with Gasteiger partial charge in [0.2, 0.25) is 0 Å². The van der Waals surface area contributed by atoms with Crippen molar-refractivity contribution in [2.24, 2.45) is 0 Å². The smallest absolute Gasteiger partial charge is 0.254 e. The average Bonchev–Trinajstić information content (AvgIpc) is 2.48. The van der Waals surface area contributed by atoms with Crippen LogP contribution >= 0.6 is 0 Å². The number of carbonyl (C=O) groups is 1. The van der Waals surface area contributed by atoms with Crippen molar-refractivity contribution in [2.75, 3.05) is 25.0 Å². The first-order chi connectivity index (χ1) is 9.99. The number of morpholine rings is 1. The fraction of sp³-hybridized carbons (Fsp3) is 0.588. The average molecular weight is 290 g/mol. The van der Waals surface area contributed by atoms with Crippen LogP contribution in [0.2, 0.25) is 0 Å². The van der Waals surface area contributed by atoms with Gasteiger partial charge in [0.1, 0.15) is 6.10 Å². The molecule has 0 saturated carbocycles. The standard InChI is InChI=1S/C17H26N2O2/c1-11(2)13-5-6-15(14(9-13)12(3)4)19-17(20)16-10-18-7-8-21-16/h5-6,9,11-12,16,18H,7-8,10H2,1-4H3,(H,19,20). The second kappa shape index (κ2) is 7.05. The second-order valence-electron chi connectivity index (χ2n) is 6.21. The monoisotopic (exact) mass is 290 g/mol. The van der Waals surface area contributed by atoms with Crippen LogP contribution in [0.25, 0.3) is 0 Å². The van der Waals surface area contributed by atoms with Crippen molar-refractivity contribution in [3.63, 3.8) is 0 Å². The lowest BCUT2D eigenvalue weighted by molar-refractivity contribution is -0.128. The van der Waals surface area contributed by atoms with Crippen LogP contribution in [0.5, 0.6) is 0 Å². The molecular formula is C17H26N2O2. The zero-order chi connectivity index (χ0) is 15.4. The normalized spacial score (nSPS) is 19.0. The van der Waals surface area contributed by atoms with Crippen molar-refractivity contribution in [1.29, 1.82) is 0 Å². The fourth-order valence-electron chi connectivity index (χ4n) is 2.48. The number of rotatable bonds is 4. The van der Waals surface area contributed by atoms with E-state index in [1.165, 1.54) is 11.1 Å². The van der Waals surface area contributed by atoms with Crippen LogP contribution in [0, 0.1) is 0 Å². The number of anilines is 1. The Hall–Kier alpha value is -1.39. The number of carbonyl (C=O) groups excluding carboxylic acids is 1. The minimum Gasteiger partial charge on any atom is -0.366 e. The van der Waals surface area contributed by atoms with Gasteiger partial charge in [-0.1, -0.05) is 39.8 Å². The third-order valence-corrected chi connectivity index (χ3v) is 3.84. The summed E-state index contributed by atoms with van der Waals surface area (Å²) in [6, 6.07) is 6.30. The van der Waals surface area contributed by atoms with Crippen LogP contribution in [0.1, 0.15) is 50.7 Å². The molecule has 1 saturated heterocycles. The second-order valence-corrected chi connectivity index (χ2v) is 6.21. The summed E-state index contributed by atoms with van der Waals surface area (Å²) in [5.74, 6) is 0.781. The summed E-state index contributed by atoms with van der Waals surface area (Å²) >= 11 is 0. The molecule has 0 aliphatic carbocycles. The first kappa shape index (κ1) is 16.0. The highest BCUT2D eigenvalue weighted by Crippen LogP contribution is 2.28. The Bertz CT molecular complexity index is 492. The Kier molecular flexibility index (Phi) is 5.37. The Morgan fingerprint density at radius 2 is 2.05 bits per heavy atom. The van der Waals surface area contributed by atoms with Crippen LogP contribution in [0.4, 0.5) is 5.69 Å². The quantitative estimate of drug-likeness (QED) is 0.896. The third-order valence-electron chi connectivity index (χ3n) is 3.84. The molecule has 116 valence electrons. The Morgan fingerprint density at radius 3 is 2.62 bits per heavy atom. The molecule has 4 heteroatoms. The predicted octanol–water partition coefficient (Wildman–Crippen LogP) is 2.86. The molecule has 1 aliphatic rings. The number of nitrogens with one attached hydrogen (secondary N) is 2. The topological polar surface area (TPSA) is 50.4 Å². The van der Waals surface area contributed by atoms with E-state index in [2.05, 4.69) is 50.5 Å². The SMILES string of the molecule is CC(C)c1ccc(NC(=O)C2CNCCO2)c(C(C)C)c1. The molecular weight excluding hydrogens is 264 g/mol. The summed E-state index contributed by atoms with van der Waals surface area (Å²) in [6.07, 6.45) is -0.400. The van der Waals surface area contributed by atoms with Crippen molar-refractivity contribution in [3.05, 3.63) is 29.3 Å². The summed E-state index contributed by atoms with van der Waals surface area (Å²) < 4.78 is 5.50. The largest absolute Gasteiger partial charge is 0.366 e. The zero-order valence-corrected chi connectivity index (χ0v) is 13.4. The molecule has 1 aromatic rings. The summed E-state index contributed by atoms with van der Waals surface area (Å²) in [5, 5.41) is 6.20. The molecule has 1 aromatic carbocycles. The van der Waals surface area contributed by atoms with E-state index in [-0.39, 0.29) is 5.91 Å². The van der Waals surface area contributed by atoms with Gasteiger partial charge in [0.25, 0.3) is 5.91 Å². The maximum Gasteiger partial charge on any atom is 0.254 e. The van der Waals surface area contributed by atoms with Gasteiger partial charge >= 0.3 is 0 Å². The Labute approximate surface area is 127 Å². The van der Waals surface area contributed by atoms with E-state index < -0.39 is 6.10 Å². The van der Waals surface area contributed by atoms with Gasteiger partial charge in [-0.2, -0.15) is 0 Å². The van der Waals surface area contributed by atoms with E-state index >= 15 is 0 Å². The summed E-state index contributed by atoms with van der Waals surface area (Å²) in [7, 11) is 0. The summed E-state index contributed by atoms with van der Waals surface area (Å²) in [6.45, 7) is 10.6. The minimum absolute atomic E-state index is 0.0682. The van der Waals surface area contributed by atoms with E-state index in [1.54, 1.807) is 0 Å². The van der Waals surface area contributed by atoms with Crippen LogP contribution in [0.15, 0.2) is 18.2 Å². The molecule has 1 amide bonds. The van der Waals surface area contributed by atoms with Crippen molar-refractivity contribution < 1.29 is 9.53 Å². The van der Waals surface area contributed by atoms with Crippen molar-refractivity contribution in [1.82, 2.24) is 5.32 Å². The van der Waals surface area contributed by atoms with Crippen LogP contribution < -0.4 is 10.6 Å². The summed E-state index contributed by atoms with van der Waals surface area (Å²) in [5.41, 5.74) is 3.37. The van der Waals surface area contributed by atoms with Crippen molar-refractivity contribution in [3.8, 4) is 0 Å². The molecule has 0 bridgehead atoms. The number of benzene rings is 1. The highest BCUT2D eigenvalue weighted by atomic mass is 16.5. The molecule has 1 unspecified atom stereocenters. The third kappa shape index (κ3) is 4.05. The molecule has 1 fully saturated rings. The molecule has 1 heterocycles. The van der Waals surface area contributed by atoms with E-state index in [0.29, 0.717) is 25.0 Å². The molecule has 0 aromatic heterocycles. The molecule has 0 spiro atoms. The van der Waals surface area contributed by atoms with Gasteiger partial charge in [-0.3, -0.25) is 4.79 Å². The summed E-state index contributed by atoms with van der Waals surface area (Å²) in [4.78, 5) is 12.3. The Morgan fingerprint density at radius 1 is 1.29 bits per heavy atom. The number of hydrogen-bond donors (Lipinski definition) is 2. The molecule has 2 rings (SSSR count). The zero-order valence-electron chi connectivity index (χ0n) is 13.4. The number of amides is 1. The molecule has 2 N–H and O–H groups in total. The van der Waals surface area contributed by atoms with Gasteiger partial charge in [0.15, 0.2) is 0 Å². The van der Waals surface area contributed by atoms with E-state index in [4.69, 9.17) is 4.74 Å². The maximum atomic E-state index is 12.3. The fourth-order valence-corrected chi connectivity index (χ4v) is 2.48. The first-order valence-corrected chi connectivity index (χ1v) is 7.76. The van der Waals surface area contributed by atoms with Gasteiger partial charge in [-0.05, 0) is 29.0 Å². The lowest BCUT2D eigenvalue weighted by Gasteiger charge is -2.24. The van der Waals surface area contributed by atoms with Gasteiger partial charge < -0.3 is 15.4 Å². The van der Waals surface area contributed by atoms with Gasteiger partial charge in [0, 0.05) is 18.8 Å². The van der Waals surface area contributed by atoms with E-state index in [0.717, 1.165) is 12.2 Å². The maximum absolute atomic E-state index is 12.3. The minimum atomic E-state index is -0.400. The lowest BCUT2D eigenvalue weighted by Crippen LogP contribution is -2.45. The van der Waals surface area contributed by atoms with E-state index in [9.17, 15) is 4.79 Å². The first-order valence-electron chi connectivity index (χ1n) is 7.76. The van der Waals surface area contributed by atoms with E-state index in [1.807, 2.05) is 6.07 Å².